The molecule has 0 saturated carbocycles. The molecule has 1 rings (SSSR count). The van der Waals surface area contributed by atoms with E-state index in [9.17, 15) is 13.5 Å². The van der Waals surface area contributed by atoms with Crippen molar-refractivity contribution in [1.82, 2.24) is 4.31 Å². The summed E-state index contributed by atoms with van der Waals surface area (Å²) in [6.45, 7) is 5.24. The van der Waals surface area contributed by atoms with Gasteiger partial charge in [-0.1, -0.05) is 13.0 Å². The molecule has 1 aromatic carbocycles. The van der Waals surface area contributed by atoms with Crippen LogP contribution in [-0.4, -0.2) is 43.6 Å². The monoisotopic (exact) mass is 287 g/mol. The van der Waals surface area contributed by atoms with Gasteiger partial charge in [-0.3, -0.25) is 0 Å². The standard InChI is InChI=1S/C13H21NO4S/c1-5-14(10-13(2,3)15)19(16,17)12-8-6-7-11(9-12)18-4/h6-9,15H,5,10H2,1-4H3. The Morgan fingerprint density at radius 3 is 2.47 bits per heavy atom. The van der Waals surface area contributed by atoms with E-state index in [1.807, 2.05) is 0 Å². The van der Waals surface area contributed by atoms with Gasteiger partial charge in [0, 0.05) is 19.2 Å². The molecule has 0 aliphatic carbocycles. The van der Waals surface area contributed by atoms with Gasteiger partial charge in [-0.15, -0.1) is 0 Å². The Morgan fingerprint density at radius 2 is 2.00 bits per heavy atom. The molecule has 0 radical (unpaired) electrons. The summed E-state index contributed by atoms with van der Waals surface area (Å²) in [5.74, 6) is 0.486. The maximum absolute atomic E-state index is 12.5. The second kappa shape index (κ2) is 5.90. The van der Waals surface area contributed by atoms with E-state index in [0.29, 0.717) is 12.3 Å². The van der Waals surface area contributed by atoms with Crippen molar-refractivity contribution in [3.8, 4) is 5.75 Å². The zero-order valence-corrected chi connectivity index (χ0v) is 12.6. The fourth-order valence-corrected chi connectivity index (χ4v) is 3.35. The number of sulfonamides is 1. The van der Waals surface area contributed by atoms with Gasteiger partial charge in [-0.05, 0) is 26.0 Å². The van der Waals surface area contributed by atoms with Gasteiger partial charge < -0.3 is 9.84 Å². The lowest BCUT2D eigenvalue weighted by molar-refractivity contribution is 0.0601. The third-order valence-corrected chi connectivity index (χ3v) is 4.51. The van der Waals surface area contributed by atoms with Crippen LogP contribution in [0.5, 0.6) is 5.75 Å². The Bertz CT molecular complexity index is 520. The minimum absolute atomic E-state index is 0.0447. The lowest BCUT2D eigenvalue weighted by atomic mass is 10.1. The molecule has 0 aliphatic heterocycles. The van der Waals surface area contributed by atoms with E-state index in [4.69, 9.17) is 4.74 Å². The number of hydrogen-bond donors (Lipinski definition) is 1. The second-order valence-corrected chi connectivity index (χ2v) is 6.86. The minimum atomic E-state index is -3.62. The molecule has 0 aliphatic rings. The van der Waals surface area contributed by atoms with Gasteiger partial charge in [-0.2, -0.15) is 4.31 Å². The molecule has 0 fully saturated rings. The summed E-state index contributed by atoms with van der Waals surface area (Å²) in [5, 5.41) is 9.80. The number of rotatable bonds is 6. The third-order valence-electron chi connectivity index (χ3n) is 2.59. The van der Waals surface area contributed by atoms with Crippen molar-refractivity contribution in [2.24, 2.45) is 0 Å². The van der Waals surface area contributed by atoms with E-state index in [2.05, 4.69) is 0 Å². The zero-order valence-electron chi connectivity index (χ0n) is 11.8. The predicted molar refractivity (Wildman–Crippen MR) is 73.7 cm³/mol. The molecule has 19 heavy (non-hydrogen) atoms. The summed E-state index contributed by atoms with van der Waals surface area (Å²) in [7, 11) is -2.14. The Hall–Kier alpha value is -1.11. The first-order chi connectivity index (χ1) is 8.70. The Morgan fingerprint density at radius 1 is 1.37 bits per heavy atom. The molecule has 1 N–H and O–H groups in total. The largest absolute Gasteiger partial charge is 0.497 e. The van der Waals surface area contributed by atoms with Crippen molar-refractivity contribution >= 4 is 10.0 Å². The van der Waals surface area contributed by atoms with E-state index in [-0.39, 0.29) is 11.4 Å². The number of benzene rings is 1. The molecule has 0 amide bonds. The molecule has 0 aromatic heterocycles. The van der Waals surface area contributed by atoms with E-state index < -0.39 is 15.6 Å². The fourth-order valence-electron chi connectivity index (χ4n) is 1.71. The minimum Gasteiger partial charge on any atom is -0.497 e. The van der Waals surface area contributed by atoms with Gasteiger partial charge in [0.1, 0.15) is 5.75 Å². The van der Waals surface area contributed by atoms with Crippen LogP contribution in [0.1, 0.15) is 20.8 Å². The second-order valence-electron chi connectivity index (χ2n) is 4.92. The zero-order chi connectivity index (χ0) is 14.7. The van der Waals surface area contributed by atoms with Crippen LogP contribution in [0.4, 0.5) is 0 Å². The molecule has 0 atom stereocenters. The van der Waals surface area contributed by atoms with Crippen LogP contribution in [0.25, 0.3) is 0 Å². The summed E-state index contributed by atoms with van der Waals surface area (Å²) in [4.78, 5) is 0.165. The van der Waals surface area contributed by atoms with Crippen LogP contribution in [0.2, 0.25) is 0 Å². The van der Waals surface area contributed by atoms with Crippen LogP contribution in [0.3, 0.4) is 0 Å². The van der Waals surface area contributed by atoms with Gasteiger partial charge in [0.25, 0.3) is 0 Å². The summed E-state index contributed by atoms with van der Waals surface area (Å²) in [6, 6.07) is 6.31. The van der Waals surface area contributed by atoms with Gasteiger partial charge in [0.15, 0.2) is 0 Å². The predicted octanol–water partition coefficient (Wildman–Crippen LogP) is 1.48. The van der Waals surface area contributed by atoms with Crippen molar-refractivity contribution in [2.75, 3.05) is 20.2 Å². The molecule has 0 bridgehead atoms. The van der Waals surface area contributed by atoms with E-state index in [1.54, 1.807) is 32.9 Å². The number of nitrogens with zero attached hydrogens (tertiary/aromatic N) is 1. The van der Waals surface area contributed by atoms with Gasteiger partial charge >= 0.3 is 0 Å². The fraction of sp³-hybridized carbons (Fsp3) is 0.538. The van der Waals surface area contributed by atoms with Crippen molar-refractivity contribution in [1.29, 1.82) is 0 Å². The van der Waals surface area contributed by atoms with E-state index in [0.717, 1.165) is 0 Å². The van der Waals surface area contributed by atoms with Gasteiger partial charge in [0.2, 0.25) is 10.0 Å². The van der Waals surface area contributed by atoms with Crippen LogP contribution >= 0.6 is 0 Å². The first kappa shape index (κ1) is 15.9. The number of methoxy groups -OCH3 is 1. The first-order valence-electron chi connectivity index (χ1n) is 6.07. The van der Waals surface area contributed by atoms with Crippen molar-refractivity contribution < 1.29 is 18.3 Å². The molecule has 0 heterocycles. The van der Waals surface area contributed by atoms with Gasteiger partial charge in [-0.25, -0.2) is 8.42 Å². The molecule has 0 saturated heterocycles. The lowest BCUT2D eigenvalue weighted by Crippen LogP contribution is -2.42. The summed E-state index contributed by atoms with van der Waals surface area (Å²) in [6.07, 6.45) is 0. The topological polar surface area (TPSA) is 66.8 Å². The molecule has 0 spiro atoms. The van der Waals surface area contributed by atoms with Gasteiger partial charge in [0.05, 0.1) is 17.6 Å². The highest BCUT2D eigenvalue weighted by Crippen LogP contribution is 2.22. The molecule has 6 heteroatoms. The number of ether oxygens (including phenoxy) is 1. The quantitative estimate of drug-likeness (QED) is 0.860. The van der Waals surface area contributed by atoms with E-state index >= 15 is 0 Å². The maximum atomic E-state index is 12.5. The molecule has 108 valence electrons. The molecule has 0 unspecified atom stereocenters. The normalized spacial score (nSPS) is 12.7. The van der Waals surface area contributed by atoms with E-state index in [1.165, 1.54) is 23.5 Å². The Balaban J connectivity index is 3.13. The number of likely N-dealkylation sites (N-methyl/N-ethyl adjacent to an activating group) is 1. The van der Waals surface area contributed by atoms with Crippen molar-refractivity contribution in [2.45, 2.75) is 31.3 Å². The Labute approximate surface area is 114 Å². The molecular formula is C13H21NO4S. The van der Waals surface area contributed by atoms with Crippen LogP contribution in [-0.2, 0) is 10.0 Å². The molecule has 1 aromatic rings. The summed E-state index contributed by atoms with van der Waals surface area (Å²) < 4.78 is 31.2. The maximum Gasteiger partial charge on any atom is 0.243 e. The first-order valence-corrected chi connectivity index (χ1v) is 7.51. The number of aliphatic hydroxyl groups is 1. The number of hydrogen-bond acceptors (Lipinski definition) is 4. The highest BCUT2D eigenvalue weighted by molar-refractivity contribution is 7.89. The summed E-state index contributed by atoms with van der Waals surface area (Å²) in [5.41, 5.74) is -1.08. The van der Waals surface area contributed by atoms with Crippen LogP contribution in [0, 0.1) is 0 Å². The SMILES string of the molecule is CCN(CC(C)(C)O)S(=O)(=O)c1cccc(OC)c1. The highest BCUT2D eigenvalue weighted by Gasteiger charge is 2.28. The van der Waals surface area contributed by atoms with Crippen LogP contribution < -0.4 is 4.74 Å². The van der Waals surface area contributed by atoms with Crippen LogP contribution in [0.15, 0.2) is 29.2 Å². The Kier molecular flexibility index (Phi) is 4.95. The average molecular weight is 287 g/mol. The smallest absolute Gasteiger partial charge is 0.243 e. The summed E-state index contributed by atoms with van der Waals surface area (Å²) >= 11 is 0. The third kappa shape index (κ3) is 4.19. The lowest BCUT2D eigenvalue weighted by Gasteiger charge is -2.27. The highest BCUT2D eigenvalue weighted by atomic mass is 32.2. The molecule has 5 nitrogen and oxygen atoms in total. The average Bonchev–Trinajstić information content (AvgIpc) is 2.34. The molecular weight excluding hydrogens is 266 g/mol. The van der Waals surface area contributed by atoms with Crippen molar-refractivity contribution in [3.05, 3.63) is 24.3 Å². The van der Waals surface area contributed by atoms with Crippen molar-refractivity contribution in [3.63, 3.8) is 0 Å².